The molecule has 2 nitrogen and oxygen atoms in total. The van der Waals surface area contributed by atoms with E-state index in [9.17, 15) is 18.4 Å². The molecular weight excluding hydrogens is 358 g/mol. The van der Waals surface area contributed by atoms with E-state index in [1.165, 1.54) is 48.6 Å². The summed E-state index contributed by atoms with van der Waals surface area (Å²) in [5, 5.41) is 0. The Morgan fingerprint density at radius 1 is 0.893 bits per heavy atom. The molecule has 144 valence electrons. The second-order valence-corrected chi connectivity index (χ2v) is 7.17. The third kappa shape index (κ3) is 5.56. The second-order valence-electron chi connectivity index (χ2n) is 7.17. The van der Waals surface area contributed by atoms with Crippen molar-refractivity contribution < 1.29 is 18.4 Å². The van der Waals surface area contributed by atoms with Gasteiger partial charge in [-0.05, 0) is 59.9 Å². The van der Waals surface area contributed by atoms with Crippen molar-refractivity contribution in [3.8, 4) is 0 Å². The summed E-state index contributed by atoms with van der Waals surface area (Å²) in [6, 6.07) is 11.8. The van der Waals surface area contributed by atoms with Gasteiger partial charge in [0.25, 0.3) is 0 Å². The molecule has 0 aliphatic heterocycles. The van der Waals surface area contributed by atoms with Crippen LogP contribution in [-0.4, -0.2) is 11.6 Å². The van der Waals surface area contributed by atoms with Gasteiger partial charge in [0.2, 0.25) is 0 Å². The molecule has 0 radical (unpaired) electrons. The van der Waals surface area contributed by atoms with Crippen LogP contribution < -0.4 is 0 Å². The molecule has 0 unspecified atom stereocenters. The summed E-state index contributed by atoms with van der Waals surface area (Å²) in [6.45, 7) is 0. The average molecular weight is 380 g/mol. The lowest BCUT2D eigenvalue weighted by molar-refractivity contribution is -0.128. The fourth-order valence-corrected chi connectivity index (χ4v) is 3.24. The fraction of sp³-hybridized carbons (Fsp3) is 0.250. The molecule has 0 amide bonds. The van der Waals surface area contributed by atoms with E-state index in [1.54, 1.807) is 24.3 Å². The zero-order valence-corrected chi connectivity index (χ0v) is 15.5. The number of carbonyl (C=O) groups excluding carboxylic acids is 2. The van der Waals surface area contributed by atoms with E-state index in [-0.39, 0.29) is 23.2 Å². The van der Waals surface area contributed by atoms with Crippen LogP contribution in [0.2, 0.25) is 0 Å². The van der Waals surface area contributed by atoms with Crippen LogP contribution in [0, 0.1) is 23.5 Å². The second kappa shape index (κ2) is 9.36. The molecule has 2 aromatic carbocycles. The Morgan fingerprint density at radius 3 is 1.79 bits per heavy atom. The van der Waals surface area contributed by atoms with E-state index in [1.807, 2.05) is 0 Å². The minimum absolute atomic E-state index is 0.287. The molecule has 3 rings (SSSR count). The van der Waals surface area contributed by atoms with E-state index < -0.39 is 5.92 Å². The smallest absolute Gasteiger partial charge is 0.166 e. The van der Waals surface area contributed by atoms with E-state index in [2.05, 4.69) is 0 Å². The Kier molecular flexibility index (Phi) is 6.64. The first-order valence-electron chi connectivity index (χ1n) is 9.46. The van der Waals surface area contributed by atoms with Gasteiger partial charge in [-0.3, -0.25) is 9.59 Å². The number of hydrogen-bond acceptors (Lipinski definition) is 2. The van der Waals surface area contributed by atoms with Gasteiger partial charge in [-0.2, -0.15) is 0 Å². The molecule has 0 atom stereocenters. The average Bonchev–Trinajstić information content (AvgIpc) is 2.63. The highest BCUT2D eigenvalue weighted by Gasteiger charge is 2.29. The van der Waals surface area contributed by atoms with Crippen LogP contribution in [0.15, 0.2) is 60.7 Å². The van der Waals surface area contributed by atoms with Gasteiger partial charge < -0.3 is 0 Å². The highest BCUT2D eigenvalue weighted by molar-refractivity contribution is 6.13. The van der Waals surface area contributed by atoms with E-state index in [4.69, 9.17) is 0 Å². The SMILES string of the molecule is O=C(C=Cc1cccc(F)c1)C(CC1CCC1)C(=O)C=Cc1cccc(F)c1. The number of hydrogen-bond donors (Lipinski definition) is 0. The molecule has 0 N–H and O–H groups in total. The normalized spacial score (nSPS) is 15.6. The molecule has 0 heterocycles. The summed E-state index contributed by atoms with van der Waals surface area (Å²) in [5.41, 5.74) is 1.14. The number of benzene rings is 2. The lowest BCUT2D eigenvalue weighted by Crippen LogP contribution is -2.26. The van der Waals surface area contributed by atoms with Gasteiger partial charge in [0, 0.05) is 0 Å². The summed E-state index contributed by atoms with van der Waals surface area (Å²) in [4.78, 5) is 25.4. The zero-order valence-electron chi connectivity index (χ0n) is 15.5. The van der Waals surface area contributed by atoms with Gasteiger partial charge >= 0.3 is 0 Å². The molecule has 2 aromatic rings. The topological polar surface area (TPSA) is 34.1 Å². The summed E-state index contributed by atoms with van der Waals surface area (Å²) in [5.74, 6) is -1.72. The summed E-state index contributed by atoms with van der Waals surface area (Å²) >= 11 is 0. The standard InChI is InChI=1S/C24H22F2O2/c25-20-8-2-6-18(14-20)10-12-23(27)22(16-17-4-1-5-17)24(28)13-11-19-7-3-9-21(26)15-19/h2-3,6-15,17,22H,1,4-5,16H2. The van der Waals surface area contributed by atoms with Gasteiger partial charge in [0.1, 0.15) is 11.6 Å². The predicted molar refractivity (Wildman–Crippen MR) is 106 cm³/mol. The minimum Gasteiger partial charge on any atom is -0.294 e. The molecule has 0 saturated heterocycles. The van der Waals surface area contributed by atoms with Crippen molar-refractivity contribution in [3.63, 3.8) is 0 Å². The Morgan fingerprint density at radius 2 is 1.39 bits per heavy atom. The van der Waals surface area contributed by atoms with Crippen molar-refractivity contribution >= 4 is 23.7 Å². The summed E-state index contributed by atoms with van der Waals surface area (Å²) < 4.78 is 26.6. The van der Waals surface area contributed by atoms with Crippen LogP contribution in [0.5, 0.6) is 0 Å². The first kappa shape index (κ1) is 19.9. The fourth-order valence-electron chi connectivity index (χ4n) is 3.24. The Labute approximate surface area is 163 Å². The molecule has 0 bridgehead atoms. The van der Waals surface area contributed by atoms with Crippen molar-refractivity contribution in [1.29, 1.82) is 0 Å². The lowest BCUT2D eigenvalue weighted by atomic mass is 9.76. The Balaban J connectivity index is 1.73. The van der Waals surface area contributed by atoms with Gasteiger partial charge in [0.15, 0.2) is 11.6 Å². The number of allylic oxidation sites excluding steroid dienone is 2. The van der Waals surface area contributed by atoms with Crippen LogP contribution in [0.3, 0.4) is 0 Å². The van der Waals surface area contributed by atoms with Crippen molar-refractivity contribution in [2.45, 2.75) is 25.7 Å². The highest BCUT2D eigenvalue weighted by Crippen LogP contribution is 2.33. The van der Waals surface area contributed by atoms with E-state index in [0.29, 0.717) is 23.5 Å². The maximum atomic E-state index is 13.3. The number of carbonyl (C=O) groups is 2. The first-order chi connectivity index (χ1) is 13.5. The van der Waals surface area contributed by atoms with E-state index >= 15 is 0 Å². The van der Waals surface area contributed by atoms with Crippen LogP contribution >= 0.6 is 0 Å². The molecule has 1 fully saturated rings. The van der Waals surface area contributed by atoms with Crippen molar-refractivity contribution in [1.82, 2.24) is 0 Å². The molecule has 28 heavy (non-hydrogen) atoms. The molecule has 1 saturated carbocycles. The van der Waals surface area contributed by atoms with Crippen molar-refractivity contribution in [2.75, 3.05) is 0 Å². The Hall–Kier alpha value is -2.88. The minimum atomic E-state index is -0.764. The van der Waals surface area contributed by atoms with Crippen molar-refractivity contribution in [3.05, 3.63) is 83.4 Å². The molecule has 0 spiro atoms. The van der Waals surface area contributed by atoms with Crippen molar-refractivity contribution in [2.24, 2.45) is 11.8 Å². The maximum absolute atomic E-state index is 13.3. The summed E-state index contributed by atoms with van der Waals surface area (Å²) in [7, 11) is 0. The molecule has 1 aliphatic carbocycles. The molecule has 1 aliphatic rings. The van der Waals surface area contributed by atoms with Gasteiger partial charge in [-0.1, -0.05) is 55.7 Å². The first-order valence-corrected chi connectivity index (χ1v) is 9.46. The molecule has 0 aromatic heterocycles. The maximum Gasteiger partial charge on any atom is 0.166 e. The third-order valence-electron chi connectivity index (χ3n) is 5.06. The number of ketones is 2. The van der Waals surface area contributed by atoms with Crippen LogP contribution in [-0.2, 0) is 9.59 Å². The Bertz CT molecular complexity index is 843. The highest BCUT2D eigenvalue weighted by atomic mass is 19.1. The zero-order chi connectivity index (χ0) is 19.9. The van der Waals surface area contributed by atoms with Gasteiger partial charge in [-0.25, -0.2) is 8.78 Å². The number of halogens is 2. The van der Waals surface area contributed by atoms with Crippen LogP contribution in [0.1, 0.15) is 36.8 Å². The van der Waals surface area contributed by atoms with E-state index in [0.717, 1.165) is 19.3 Å². The van der Waals surface area contributed by atoms with Crippen LogP contribution in [0.4, 0.5) is 8.78 Å². The monoisotopic (exact) mass is 380 g/mol. The largest absolute Gasteiger partial charge is 0.294 e. The molecular formula is C24H22F2O2. The van der Waals surface area contributed by atoms with Gasteiger partial charge in [-0.15, -0.1) is 0 Å². The lowest BCUT2D eigenvalue weighted by Gasteiger charge is -2.27. The molecule has 4 heteroatoms. The predicted octanol–water partition coefficient (Wildman–Crippen LogP) is 5.64. The quantitative estimate of drug-likeness (QED) is 0.439. The third-order valence-corrected chi connectivity index (χ3v) is 5.06. The van der Waals surface area contributed by atoms with Gasteiger partial charge in [0.05, 0.1) is 5.92 Å². The van der Waals surface area contributed by atoms with Crippen LogP contribution in [0.25, 0.3) is 12.2 Å². The number of rotatable bonds is 8. The summed E-state index contributed by atoms with van der Waals surface area (Å²) in [6.07, 6.45) is 9.46.